The number of hydrogen-bond donors (Lipinski definition) is 0. The summed E-state index contributed by atoms with van der Waals surface area (Å²) in [5.41, 5.74) is 16.8. The topological polar surface area (TPSA) is 9.86 Å². The number of aromatic nitrogens is 2. The van der Waals surface area contributed by atoms with Gasteiger partial charge in [0.15, 0.2) is 0 Å². The zero-order valence-corrected chi connectivity index (χ0v) is 30.7. The molecular weight excluding hydrogens is 677 g/mol. The first-order chi connectivity index (χ1) is 27.8. The molecule has 2 nitrogen and oxygen atoms in total. The molecule has 0 atom stereocenters. The van der Waals surface area contributed by atoms with E-state index in [9.17, 15) is 0 Å². The predicted molar refractivity (Wildman–Crippen MR) is 237 cm³/mol. The summed E-state index contributed by atoms with van der Waals surface area (Å²) >= 11 is 0. The molecule has 0 saturated carbocycles. The minimum atomic E-state index is 1.16. The van der Waals surface area contributed by atoms with Gasteiger partial charge in [0.05, 0.1) is 27.8 Å². The fourth-order valence-electron chi connectivity index (χ4n) is 8.78. The highest BCUT2D eigenvalue weighted by Gasteiger charge is 2.20. The molecule has 0 fully saturated rings. The fraction of sp³-hybridized carbons (Fsp3) is 0. The van der Waals surface area contributed by atoms with Crippen LogP contribution in [0.25, 0.3) is 99.5 Å². The third-order valence-corrected chi connectivity index (χ3v) is 11.3. The van der Waals surface area contributed by atoms with Gasteiger partial charge in [0, 0.05) is 32.8 Å². The van der Waals surface area contributed by atoms with Crippen LogP contribution in [0.2, 0.25) is 0 Å². The zero-order valence-electron chi connectivity index (χ0n) is 30.7. The number of nitrogens with zero attached hydrogens (tertiary/aromatic N) is 2. The van der Waals surface area contributed by atoms with Crippen molar-refractivity contribution in [2.75, 3.05) is 0 Å². The first kappa shape index (κ1) is 32.0. The molecule has 2 heterocycles. The lowest BCUT2D eigenvalue weighted by atomic mass is 9.97. The average Bonchev–Trinajstić information content (AvgIpc) is 3.79. The first-order valence-corrected chi connectivity index (χ1v) is 19.3. The van der Waals surface area contributed by atoms with Gasteiger partial charge < -0.3 is 9.13 Å². The van der Waals surface area contributed by atoms with Crippen molar-refractivity contribution in [3.8, 4) is 55.9 Å². The minimum absolute atomic E-state index is 1.16. The van der Waals surface area contributed by atoms with Gasteiger partial charge in [-0.3, -0.25) is 0 Å². The molecule has 9 aromatic carbocycles. The number of hydrogen-bond acceptors (Lipinski definition) is 0. The van der Waals surface area contributed by atoms with Crippen molar-refractivity contribution < 1.29 is 0 Å². The molecule has 0 bridgehead atoms. The number of benzene rings is 9. The summed E-state index contributed by atoms with van der Waals surface area (Å²) < 4.78 is 4.87. The van der Waals surface area contributed by atoms with Crippen LogP contribution in [-0.4, -0.2) is 9.13 Å². The molecule has 0 unspecified atom stereocenters. The van der Waals surface area contributed by atoms with Crippen LogP contribution < -0.4 is 0 Å². The minimum Gasteiger partial charge on any atom is -0.309 e. The molecule has 0 radical (unpaired) electrons. The second kappa shape index (κ2) is 13.2. The molecule has 0 N–H and O–H groups in total. The van der Waals surface area contributed by atoms with Crippen molar-refractivity contribution in [2.45, 2.75) is 0 Å². The maximum atomic E-state index is 2.46. The van der Waals surface area contributed by atoms with Gasteiger partial charge in [-0.15, -0.1) is 0 Å². The lowest BCUT2D eigenvalue weighted by Gasteiger charge is -2.14. The Morgan fingerprint density at radius 3 is 1.50 bits per heavy atom. The molecule has 0 saturated heterocycles. The van der Waals surface area contributed by atoms with E-state index in [1.54, 1.807) is 0 Å². The Bertz CT molecular complexity index is 3220. The van der Waals surface area contributed by atoms with Gasteiger partial charge in [0.25, 0.3) is 0 Å². The molecule has 0 aliphatic heterocycles. The summed E-state index contributed by atoms with van der Waals surface area (Å²) in [6.45, 7) is 0. The van der Waals surface area contributed by atoms with Crippen LogP contribution in [-0.2, 0) is 0 Å². The van der Waals surface area contributed by atoms with Gasteiger partial charge in [0.1, 0.15) is 0 Å². The van der Waals surface area contributed by atoms with E-state index in [-0.39, 0.29) is 0 Å². The quantitative estimate of drug-likeness (QED) is 0.162. The maximum absolute atomic E-state index is 2.46. The van der Waals surface area contributed by atoms with E-state index in [1.807, 2.05) is 0 Å². The number of para-hydroxylation sites is 2. The Morgan fingerprint density at radius 1 is 0.250 bits per heavy atom. The lowest BCUT2D eigenvalue weighted by molar-refractivity contribution is 1.18. The van der Waals surface area contributed by atoms with Crippen LogP contribution in [0, 0.1) is 0 Å². The van der Waals surface area contributed by atoms with E-state index in [0.717, 1.165) is 5.69 Å². The van der Waals surface area contributed by atoms with Crippen molar-refractivity contribution in [1.82, 2.24) is 9.13 Å². The Kier molecular flexibility index (Phi) is 7.53. The van der Waals surface area contributed by atoms with Gasteiger partial charge in [-0.05, 0) is 93.5 Å². The summed E-state index contributed by atoms with van der Waals surface area (Å²) in [6.07, 6.45) is 0. The van der Waals surface area contributed by atoms with Crippen LogP contribution in [0.4, 0.5) is 0 Å². The lowest BCUT2D eigenvalue weighted by Crippen LogP contribution is -1.97. The molecule has 0 spiro atoms. The molecule has 262 valence electrons. The average molecular weight is 713 g/mol. The normalized spacial score (nSPS) is 11.6. The van der Waals surface area contributed by atoms with Gasteiger partial charge in [-0.25, -0.2) is 0 Å². The highest BCUT2D eigenvalue weighted by molar-refractivity contribution is 6.17. The second-order valence-electron chi connectivity index (χ2n) is 14.5. The zero-order chi connectivity index (χ0) is 37.0. The first-order valence-electron chi connectivity index (χ1n) is 19.3. The maximum Gasteiger partial charge on any atom is 0.0547 e. The third kappa shape index (κ3) is 5.19. The van der Waals surface area contributed by atoms with Gasteiger partial charge >= 0.3 is 0 Å². The van der Waals surface area contributed by atoms with Crippen molar-refractivity contribution in [1.29, 1.82) is 0 Å². The highest BCUT2D eigenvalue weighted by Crippen LogP contribution is 2.43. The second-order valence-corrected chi connectivity index (χ2v) is 14.5. The van der Waals surface area contributed by atoms with Crippen molar-refractivity contribution in [2.24, 2.45) is 0 Å². The van der Waals surface area contributed by atoms with Crippen LogP contribution in [0.5, 0.6) is 0 Å². The van der Waals surface area contributed by atoms with Crippen molar-refractivity contribution in [3.63, 3.8) is 0 Å². The van der Waals surface area contributed by atoms with E-state index in [2.05, 4.69) is 228 Å². The Morgan fingerprint density at radius 2 is 0.750 bits per heavy atom. The van der Waals surface area contributed by atoms with E-state index in [4.69, 9.17) is 0 Å². The molecular formula is C54H36N2. The smallest absolute Gasteiger partial charge is 0.0547 e. The van der Waals surface area contributed by atoms with E-state index in [0.29, 0.717) is 0 Å². The molecule has 0 aliphatic carbocycles. The van der Waals surface area contributed by atoms with Gasteiger partial charge in [-0.1, -0.05) is 164 Å². The monoisotopic (exact) mass is 712 g/mol. The Labute approximate surface area is 325 Å². The van der Waals surface area contributed by atoms with E-state index >= 15 is 0 Å². The fourth-order valence-corrected chi connectivity index (χ4v) is 8.78. The van der Waals surface area contributed by atoms with Gasteiger partial charge in [-0.2, -0.15) is 0 Å². The Hall–Kier alpha value is -7.42. The van der Waals surface area contributed by atoms with Crippen LogP contribution in [0.15, 0.2) is 218 Å². The summed E-state index contributed by atoms with van der Waals surface area (Å²) in [6, 6.07) is 79.4. The summed E-state index contributed by atoms with van der Waals surface area (Å²) in [5, 5.41) is 4.98. The van der Waals surface area contributed by atoms with Crippen LogP contribution in [0.1, 0.15) is 0 Å². The summed E-state index contributed by atoms with van der Waals surface area (Å²) in [5.74, 6) is 0. The number of fused-ring (bicyclic) bond motifs is 6. The largest absolute Gasteiger partial charge is 0.309 e. The Balaban J connectivity index is 1.13. The summed E-state index contributed by atoms with van der Waals surface area (Å²) in [4.78, 5) is 0. The van der Waals surface area contributed by atoms with Crippen molar-refractivity contribution >= 4 is 43.6 Å². The summed E-state index contributed by atoms with van der Waals surface area (Å²) in [7, 11) is 0. The number of rotatable bonds is 6. The molecule has 0 amide bonds. The van der Waals surface area contributed by atoms with E-state index in [1.165, 1.54) is 93.8 Å². The molecule has 11 rings (SSSR count). The van der Waals surface area contributed by atoms with Crippen LogP contribution in [0.3, 0.4) is 0 Å². The molecule has 2 aromatic heterocycles. The van der Waals surface area contributed by atoms with E-state index < -0.39 is 0 Å². The SMILES string of the molecule is c1ccc(-c2cccc(-n3c4ccccc4c4cc(-c5ccc6c(c5)c5c(-c7ccccc7)cccc5n6-c5ccccc5-c5ccccc5)ccc43)c2)cc1. The third-order valence-electron chi connectivity index (χ3n) is 11.3. The molecule has 56 heavy (non-hydrogen) atoms. The highest BCUT2D eigenvalue weighted by atomic mass is 15.0. The predicted octanol–water partition coefficient (Wildman–Crippen LogP) is 14.5. The van der Waals surface area contributed by atoms with Crippen LogP contribution >= 0.6 is 0 Å². The standard InChI is InChI=1S/C54H36N2/c1-4-16-37(17-5-1)40-22-14-23-43(34-40)55-50-28-13-11-25-46(50)47-35-41(30-32-51(47)55)42-31-33-52-48(36-42)54-45(39-20-8-3-9-21-39)26-15-29-53(54)56(52)49-27-12-10-24-44(49)38-18-6-2-7-19-38/h1-36H. The van der Waals surface area contributed by atoms with Crippen molar-refractivity contribution in [3.05, 3.63) is 218 Å². The molecule has 0 aliphatic rings. The molecule has 2 heteroatoms. The van der Waals surface area contributed by atoms with Gasteiger partial charge in [0.2, 0.25) is 0 Å². The molecule has 11 aromatic rings.